The monoisotopic (exact) mass is 893 g/mol. The lowest BCUT2D eigenvalue weighted by atomic mass is 9.90. The molecule has 7 rings (SSSR count). The first-order valence-electron chi connectivity index (χ1n) is 19.5. The quantitative estimate of drug-likeness (QED) is 0.196. The van der Waals surface area contributed by atoms with Crippen LogP contribution >= 0.6 is 31.9 Å². The molecule has 0 bridgehead atoms. The van der Waals surface area contributed by atoms with Crippen molar-refractivity contribution in [2.75, 3.05) is 62.6 Å². The summed E-state index contributed by atoms with van der Waals surface area (Å²) in [5, 5.41) is 22.9. The van der Waals surface area contributed by atoms with Gasteiger partial charge in [0, 0.05) is 82.0 Å². The van der Waals surface area contributed by atoms with Crippen molar-refractivity contribution in [2.24, 2.45) is 5.92 Å². The van der Waals surface area contributed by atoms with Crippen LogP contribution in [-0.4, -0.2) is 119 Å². The van der Waals surface area contributed by atoms with Gasteiger partial charge in [-0.1, -0.05) is 18.2 Å². The first-order valence-corrected chi connectivity index (χ1v) is 21.0. The molecule has 2 atom stereocenters. The third-order valence-electron chi connectivity index (χ3n) is 11.4. The number of piperazine rings is 1. The Balaban J connectivity index is 1.04. The van der Waals surface area contributed by atoms with E-state index in [-0.39, 0.29) is 42.1 Å². The van der Waals surface area contributed by atoms with E-state index in [0.29, 0.717) is 79.6 Å². The number of piperidine rings is 2. The van der Waals surface area contributed by atoms with E-state index in [1.807, 2.05) is 46.2 Å². The van der Waals surface area contributed by atoms with Crippen molar-refractivity contribution >= 4 is 67.1 Å². The molecule has 0 radical (unpaired) electrons. The summed E-state index contributed by atoms with van der Waals surface area (Å²) in [4.78, 5) is 67.3. The number of nitrogens with one attached hydrogen (secondary N) is 4. The van der Waals surface area contributed by atoms with Gasteiger partial charge in [0.2, 0.25) is 11.8 Å². The summed E-state index contributed by atoms with van der Waals surface area (Å²) in [6.45, 7) is 5.44. The number of aromatic hydroxyl groups is 1. The fourth-order valence-corrected chi connectivity index (χ4v) is 9.51. The number of likely N-dealkylation sites (tertiary alicyclic amines) is 1. The number of carbonyl (C=O) groups is 4. The van der Waals surface area contributed by atoms with Crippen LogP contribution in [0.25, 0.3) is 0 Å². The highest BCUT2D eigenvalue weighted by Crippen LogP contribution is 2.34. The molecule has 4 aliphatic heterocycles. The number of benzene rings is 2. The highest BCUT2D eigenvalue weighted by Gasteiger charge is 2.36. The second kappa shape index (κ2) is 18.2. The van der Waals surface area contributed by atoms with E-state index in [1.165, 1.54) is 0 Å². The van der Waals surface area contributed by atoms with E-state index >= 15 is 0 Å². The molecule has 3 aromatic rings. The molecule has 3 fully saturated rings. The normalized spacial score (nSPS) is 19.1. The topological polar surface area (TPSA) is 162 Å². The number of aromatic nitrogens is 1. The van der Waals surface area contributed by atoms with Gasteiger partial charge in [-0.2, -0.15) is 0 Å². The molecule has 16 heteroatoms. The zero-order chi connectivity index (χ0) is 39.2. The van der Waals surface area contributed by atoms with Crippen LogP contribution in [0.5, 0.6) is 5.75 Å². The van der Waals surface area contributed by atoms with E-state index in [9.17, 15) is 24.3 Å². The van der Waals surface area contributed by atoms with Crippen molar-refractivity contribution in [1.82, 2.24) is 35.6 Å². The third-order valence-corrected chi connectivity index (χ3v) is 12.7. The van der Waals surface area contributed by atoms with E-state index in [1.54, 1.807) is 29.4 Å². The summed E-state index contributed by atoms with van der Waals surface area (Å²) in [6, 6.07) is 12.8. The molecule has 3 saturated heterocycles. The van der Waals surface area contributed by atoms with Gasteiger partial charge in [0.25, 0.3) is 0 Å². The Labute approximate surface area is 344 Å². The zero-order valence-corrected chi connectivity index (χ0v) is 34.4. The van der Waals surface area contributed by atoms with Gasteiger partial charge in [0.05, 0.1) is 8.95 Å². The van der Waals surface area contributed by atoms with Crippen molar-refractivity contribution in [3.05, 3.63) is 81.0 Å². The van der Waals surface area contributed by atoms with E-state index in [0.717, 1.165) is 42.9 Å². The molecule has 56 heavy (non-hydrogen) atoms. The summed E-state index contributed by atoms with van der Waals surface area (Å²) in [6.07, 6.45) is 7.17. The van der Waals surface area contributed by atoms with Crippen molar-refractivity contribution in [3.8, 4) is 5.75 Å². The molecule has 4 aliphatic rings. The molecule has 0 saturated carbocycles. The summed E-state index contributed by atoms with van der Waals surface area (Å²) < 4.78 is 0.896. The molecule has 1 aromatic heterocycles. The minimum absolute atomic E-state index is 0.0317. The van der Waals surface area contributed by atoms with Gasteiger partial charge in [0.1, 0.15) is 17.8 Å². The molecule has 298 valence electrons. The fourth-order valence-electron chi connectivity index (χ4n) is 8.22. The highest BCUT2D eigenvalue weighted by molar-refractivity contribution is 9.11. The van der Waals surface area contributed by atoms with Gasteiger partial charge in [-0.05, 0) is 124 Å². The van der Waals surface area contributed by atoms with Crippen molar-refractivity contribution in [1.29, 1.82) is 0 Å². The second-order valence-corrected chi connectivity index (χ2v) is 16.8. The number of amides is 6. The third kappa shape index (κ3) is 9.57. The Morgan fingerprint density at radius 1 is 0.857 bits per heavy atom. The molecule has 5 heterocycles. The van der Waals surface area contributed by atoms with Crippen LogP contribution in [0, 0.1) is 5.92 Å². The smallest absolute Gasteiger partial charge is 0.322 e. The molecule has 14 nitrogen and oxygen atoms in total. The number of phenols is 1. The van der Waals surface area contributed by atoms with Crippen LogP contribution in [0.15, 0.2) is 69.9 Å². The maximum atomic E-state index is 14.4. The van der Waals surface area contributed by atoms with Gasteiger partial charge < -0.3 is 46.0 Å². The first kappa shape index (κ1) is 39.8. The van der Waals surface area contributed by atoms with Gasteiger partial charge in [-0.3, -0.25) is 14.6 Å². The Hall–Kier alpha value is -4.41. The number of para-hydroxylation sites is 1. The minimum atomic E-state index is -1.01. The molecule has 5 N–H and O–H groups in total. The largest absolute Gasteiger partial charge is 0.506 e. The van der Waals surface area contributed by atoms with Crippen molar-refractivity contribution in [2.45, 2.75) is 63.2 Å². The van der Waals surface area contributed by atoms with Crippen LogP contribution in [0.1, 0.15) is 43.2 Å². The number of urea groups is 2. The molecule has 0 unspecified atom stereocenters. The van der Waals surface area contributed by atoms with E-state index < -0.39 is 18.0 Å². The number of nitrogens with zero attached hydrogens (tertiary/aromatic N) is 5. The fraction of sp³-hybridized carbons (Fsp3) is 0.475. The predicted molar refractivity (Wildman–Crippen MR) is 220 cm³/mol. The lowest BCUT2D eigenvalue weighted by molar-refractivity contribution is -0.137. The van der Waals surface area contributed by atoms with E-state index in [4.69, 9.17) is 0 Å². The number of fused-ring (bicyclic) bond motifs is 1. The average molecular weight is 896 g/mol. The predicted octanol–water partition coefficient (Wildman–Crippen LogP) is 4.67. The maximum Gasteiger partial charge on any atom is 0.322 e. The maximum absolute atomic E-state index is 14.4. The van der Waals surface area contributed by atoms with Gasteiger partial charge >= 0.3 is 12.1 Å². The number of hydrogen-bond acceptors (Lipinski definition) is 8. The van der Waals surface area contributed by atoms with Crippen LogP contribution in [0.3, 0.4) is 0 Å². The van der Waals surface area contributed by atoms with Gasteiger partial charge in [0.15, 0.2) is 0 Å². The van der Waals surface area contributed by atoms with Crippen LogP contribution < -0.4 is 26.2 Å². The number of carbonyl (C=O) groups excluding carboxylic acids is 4. The molecule has 0 spiro atoms. The lowest BCUT2D eigenvalue weighted by Gasteiger charge is -2.41. The zero-order valence-electron chi connectivity index (χ0n) is 31.3. The number of hydrogen-bond donors (Lipinski definition) is 5. The number of phenolic OH excluding ortho intramolecular Hbond substituents is 1. The Bertz CT molecular complexity index is 1860. The summed E-state index contributed by atoms with van der Waals surface area (Å²) in [5.41, 5.74) is 3.64. The van der Waals surface area contributed by atoms with Crippen LogP contribution in [-0.2, 0) is 22.6 Å². The van der Waals surface area contributed by atoms with Crippen LogP contribution in [0.4, 0.5) is 21.0 Å². The molecule has 2 aromatic carbocycles. The Morgan fingerprint density at radius 2 is 1.54 bits per heavy atom. The standard InChI is InChI=1S/C40H49Br2N9O5/c41-31-21-27(22-32(42)36(31)52)24-34(47-39(55)50-15-9-30(10-16-50)51-25-28-3-1-2-4-33(28)46-40(51)56)37(53)45-35(23-26-5-11-43-12-6-26)38(54)49-19-17-48(18-20-49)29-7-13-44-14-8-29/h1-4,7-8,13-14,21-22,26,30,34-35,43,52H,5-6,9-12,15-20,23-25H2,(H,45,53)(H,46,56)(H,47,55)/t34-,35+/m1/s1. The Kier molecular flexibility index (Phi) is 13.0. The SMILES string of the molecule is O=C(N[C@@H](CC1CCNCC1)C(=O)N1CCN(c2ccncc2)CC1)[C@@H](Cc1cc(Br)c(O)c(Br)c1)NC(=O)N1CCC(N2Cc3ccccc3NC2=O)CC1. The number of pyridine rings is 1. The number of halogens is 2. The first-order chi connectivity index (χ1) is 27.1. The number of rotatable bonds is 10. The molecule has 6 amide bonds. The lowest BCUT2D eigenvalue weighted by Crippen LogP contribution is -2.59. The highest BCUT2D eigenvalue weighted by atomic mass is 79.9. The van der Waals surface area contributed by atoms with Gasteiger partial charge in [-0.25, -0.2) is 9.59 Å². The van der Waals surface area contributed by atoms with Crippen LogP contribution in [0.2, 0.25) is 0 Å². The summed E-state index contributed by atoms with van der Waals surface area (Å²) in [7, 11) is 0. The molecular formula is C40H49Br2N9O5. The Morgan fingerprint density at radius 3 is 2.23 bits per heavy atom. The van der Waals surface area contributed by atoms with Gasteiger partial charge in [-0.15, -0.1) is 0 Å². The van der Waals surface area contributed by atoms with E-state index in [2.05, 4.69) is 63.0 Å². The minimum Gasteiger partial charge on any atom is -0.506 e. The van der Waals surface area contributed by atoms with Crippen molar-refractivity contribution < 1.29 is 24.3 Å². The molecule has 0 aliphatic carbocycles. The molecular weight excluding hydrogens is 846 g/mol. The summed E-state index contributed by atoms with van der Waals surface area (Å²) in [5.74, 6) is -0.264. The summed E-state index contributed by atoms with van der Waals surface area (Å²) >= 11 is 6.79. The van der Waals surface area contributed by atoms with Crippen molar-refractivity contribution in [3.63, 3.8) is 0 Å². The second-order valence-electron chi connectivity index (χ2n) is 15.1. The number of anilines is 2. The average Bonchev–Trinajstić information content (AvgIpc) is 3.22.